The minimum absolute atomic E-state index is 0.380. The molecule has 0 N–H and O–H groups in total. The van der Waals surface area contributed by atoms with Gasteiger partial charge in [-0.2, -0.15) is 0 Å². The maximum absolute atomic E-state index is 6.72. The third kappa shape index (κ3) is 2.93. The standard InChI is InChI=1S/C10H19N/c1-6-10(4,9(2)3)7-8-11-5/h9H,6-8H2,1-4H3. The molecular formula is C10H19N. The Hall–Kier alpha value is -0.510. The van der Waals surface area contributed by atoms with Crippen LogP contribution in [-0.2, 0) is 0 Å². The Morgan fingerprint density at radius 2 is 2.00 bits per heavy atom. The lowest BCUT2D eigenvalue weighted by Crippen LogP contribution is -2.23. The van der Waals surface area contributed by atoms with Crippen LogP contribution in [0.25, 0.3) is 4.85 Å². The molecule has 1 heteroatoms. The lowest BCUT2D eigenvalue weighted by atomic mass is 9.74. The average Bonchev–Trinajstić information content (AvgIpc) is 2.00. The second-order valence-electron chi connectivity index (χ2n) is 3.79. The van der Waals surface area contributed by atoms with Crippen LogP contribution in [0.4, 0.5) is 0 Å². The molecule has 0 radical (unpaired) electrons. The number of hydrogen-bond acceptors (Lipinski definition) is 0. The van der Waals surface area contributed by atoms with E-state index in [4.69, 9.17) is 6.57 Å². The zero-order chi connectivity index (χ0) is 8.91. The van der Waals surface area contributed by atoms with Gasteiger partial charge in [-0.3, -0.25) is 0 Å². The molecule has 0 aromatic heterocycles. The molecule has 0 rings (SSSR count). The zero-order valence-electron chi connectivity index (χ0n) is 8.15. The van der Waals surface area contributed by atoms with Crippen molar-refractivity contribution in [3.05, 3.63) is 11.4 Å². The predicted octanol–water partition coefficient (Wildman–Crippen LogP) is 3.37. The van der Waals surface area contributed by atoms with Crippen LogP contribution in [0.15, 0.2) is 0 Å². The van der Waals surface area contributed by atoms with E-state index in [9.17, 15) is 0 Å². The lowest BCUT2D eigenvalue weighted by Gasteiger charge is -2.30. The number of hydrogen-bond donors (Lipinski definition) is 0. The Kier molecular flexibility index (Phi) is 4.18. The van der Waals surface area contributed by atoms with Crippen molar-refractivity contribution < 1.29 is 0 Å². The van der Waals surface area contributed by atoms with Crippen molar-refractivity contribution in [3.8, 4) is 0 Å². The first-order chi connectivity index (χ1) is 5.06. The average molecular weight is 153 g/mol. The molecule has 1 nitrogen and oxygen atoms in total. The summed E-state index contributed by atoms with van der Waals surface area (Å²) in [5, 5.41) is 0. The summed E-state index contributed by atoms with van der Waals surface area (Å²) >= 11 is 0. The van der Waals surface area contributed by atoms with E-state index in [-0.39, 0.29) is 0 Å². The molecule has 0 amide bonds. The monoisotopic (exact) mass is 153 g/mol. The van der Waals surface area contributed by atoms with E-state index in [0.717, 1.165) is 6.42 Å². The quantitative estimate of drug-likeness (QED) is 0.545. The Bertz CT molecular complexity index is 143. The molecule has 0 aliphatic carbocycles. The second kappa shape index (κ2) is 4.38. The van der Waals surface area contributed by atoms with E-state index in [1.807, 2.05) is 0 Å². The van der Waals surface area contributed by atoms with Crippen LogP contribution < -0.4 is 0 Å². The van der Waals surface area contributed by atoms with E-state index in [1.54, 1.807) is 0 Å². The molecule has 0 bridgehead atoms. The summed E-state index contributed by atoms with van der Waals surface area (Å²) in [7, 11) is 0. The summed E-state index contributed by atoms with van der Waals surface area (Å²) < 4.78 is 0. The highest BCUT2D eigenvalue weighted by Crippen LogP contribution is 2.34. The molecule has 0 aromatic rings. The fourth-order valence-corrected chi connectivity index (χ4v) is 1.19. The van der Waals surface area contributed by atoms with E-state index in [0.29, 0.717) is 17.9 Å². The largest absolute Gasteiger partial charge is 0.317 e. The van der Waals surface area contributed by atoms with Crippen molar-refractivity contribution in [3.63, 3.8) is 0 Å². The summed E-state index contributed by atoms with van der Waals surface area (Å²) in [4.78, 5) is 3.40. The molecule has 0 aromatic carbocycles. The van der Waals surface area contributed by atoms with Gasteiger partial charge in [0.15, 0.2) is 0 Å². The first-order valence-electron chi connectivity index (χ1n) is 4.40. The van der Waals surface area contributed by atoms with Crippen LogP contribution in [0.3, 0.4) is 0 Å². The fourth-order valence-electron chi connectivity index (χ4n) is 1.19. The first kappa shape index (κ1) is 10.5. The normalized spacial score (nSPS) is 16.0. The molecule has 1 atom stereocenters. The molecule has 11 heavy (non-hydrogen) atoms. The van der Waals surface area contributed by atoms with Gasteiger partial charge in [-0.25, -0.2) is 6.57 Å². The van der Waals surface area contributed by atoms with Crippen LogP contribution in [-0.4, -0.2) is 6.54 Å². The van der Waals surface area contributed by atoms with Crippen LogP contribution in [0, 0.1) is 17.9 Å². The van der Waals surface area contributed by atoms with Crippen molar-refractivity contribution in [2.75, 3.05) is 6.54 Å². The van der Waals surface area contributed by atoms with Gasteiger partial charge < -0.3 is 4.85 Å². The Morgan fingerprint density at radius 1 is 1.45 bits per heavy atom. The Morgan fingerprint density at radius 3 is 2.27 bits per heavy atom. The Balaban J connectivity index is 4.01. The minimum Gasteiger partial charge on any atom is -0.317 e. The van der Waals surface area contributed by atoms with Crippen molar-refractivity contribution >= 4 is 0 Å². The summed E-state index contributed by atoms with van der Waals surface area (Å²) in [5.41, 5.74) is 0.380. The van der Waals surface area contributed by atoms with Crippen molar-refractivity contribution in [1.82, 2.24) is 0 Å². The van der Waals surface area contributed by atoms with Crippen molar-refractivity contribution in [2.45, 2.75) is 40.5 Å². The second-order valence-corrected chi connectivity index (χ2v) is 3.79. The van der Waals surface area contributed by atoms with Gasteiger partial charge in [0.1, 0.15) is 0 Å². The van der Waals surface area contributed by atoms with Crippen LogP contribution >= 0.6 is 0 Å². The summed E-state index contributed by atoms with van der Waals surface area (Å²) in [5.74, 6) is 0.689. The SMILES string of the molecule is [C-]#[N+]CCC(C)(CC)C(C)C. The third-order valence-electron chi connectivity index (χ3n) is 3.00. The molecule has 64 valence electrons. The van der Waals surface area contributed by atoms with E-state index < -0.39 is 0 Å². The van der Waals surface area contributed by atoms with Gasteiger partial charge in [0, 0.05) is 6.42 Å². The number of nitrogens with zero attached hydrogens (tertiary/aromatic N) is 1. The maximum Gasteiger partial charge on any atom is 0.215 e. The first-order valence-corrected chi connectivity index (χ1v) is 4.40. The van der Waals surface area contributed by atoms with Crippen molar-refractivity contribution in [2.24, 2.45) is 11.3 Å². The van der Waals surface area contributed by atoms with Gasteiger partial charge >= 0.3 is 0 Å². The van der Waals surface area contributed by atoms with Gasteiger partial charge in [-0.1, -0.05) is 34.1 Å². The number of rotatable bonds is 4. The van der Waals surface area contributed by atoms with Gasteiger partial charge in [0.05, 0.1) is 0 Å². The van der Waals surface area contributed by atoms with Gasteiger partial charge in [0.2, 0.25) is 6.54 Å². The summed E-state index contributed by atoms with van der Waals surface area (Å²) in [6.07, 6.45) is 2.23. The zero-order valence-corrected chi connectivity index (χ0v) is 8.15. The molecule has 0 heterocycles. The summed E-state index contributed by atoms with van der Waals surface area (Å²) in [6, 6.07) is 0. The molecular weight excluding hydrogens is 134 g/mol. The van der Waals surface area contributed by atoms with Crippen molar-refractivity contribution in [1.29, 1.82) is 0 Å². The molecule has 0 spiro atoms. The topological polar surface area (TPSA) is 4.36 Å². The third-order valence-corrected chi connectivity index (χ3v) is 3.00. The van der Waals surface area contributed by atoms with Gasteiger partial charge in [0.25, 0.3) is 0 Å². The van der Waals surface area contributed by atoms with Crippen LogP contribution in [0.5, 0.6) is 0 Å². The highest BCUT2D eigenvalue weighted by atomic mass is 14.6. The molecule has 0 aliphatic heterocycles. The fraction of sp³-hybridized carbons (Fsp3) is 0.900. The Labute approximate surface area is 70.6 Å². The van der Waals surface area contributed by atoms with Crippen LogP contribution in [0.1, 0.15) is 40.5 Å². The maximum atomic E-state index is 6.72. The smallest absolute Gasteiger partial charge is 0.215 e. The highest BCUT2D eigenvalue weighted by Gasteiger charge is 2.26. The van der Waals surface area contributed by atoms with Crippen LogP contribution in [0.2, 0.25) is 0 Å². The molecule has 0 saturated heterocycles. The summed E-state index contributed by atoms with van der Waals surface area (Å²) in [6.45, 7) is 16.4. The minimum atomic E-state index is 0.380. The predicted molar refractivity (Wildman–Crippen MR) is 49.3 cm³/mol. The molecule has 0 saturated carbocycles. The van der Waals surface area contributed by atoms with E-state index in [1.165, 1.54) is 6.42 Å². The van der Waals surface area contributed by atoms with Gasteiger partial charge in [-0.15, -0.1) is 0 Å². The van der Waals surface area contributed by atoms with E-state index >= 15 is 0 Å². The highest BCUT2D eigenvalue weighted by molar-refractivity contribution is 4.79. The van der Waals surface area contributed by atoms with E-state index in [2.05, 4.69) is 32.5 Å². The molecule has 0 fully saturated rings. The van der Waals surface area contributed by atoms with Gasteiger partial charge in [-0.05, 0) is 11.3 Å². The molecule has 1 unspecified atom stereocenters. The molecule has 0 aliphatic rings. The lowest BCUT2D eigenvalue weighted by molar-refractivity contribution is 0.198.